The highest BCUT2D eigenvalue weighted by atomic mass is 19.1. The van der Waals surface area contributed by atoms with E-state index in [9.17, 15) is 14.0 Å². The van der Waals surface area contributed by atoms with Crippen LogP contribution in [-0.2, 0) is 11.3 Å². The Morgan fingerprint density at radius 1 is 0.886 bits per heavy atom. The molecule has 0 atom stereocenters. The molecule has 0 saturated carbocycles. The van der Waals surface area contributed by atoms with E-state index in [0.717, 1.165) is 16.5 Å². The molecule has 0 radical (unpaired) electrons. The summed E-state index contributed by atoms with van der Waals surface area (Å²) < 4.78 is 13.5. The highest BCUT2D eigenvalue weighted by Gasteiger charge is 2.31. The number of nitrogens with zero attached hydrogens (tertiary/aromatic N) is 3. The largest absolute Gasteiger partial charge is 0.339 e. The van der Waals surface area contributed by atoms with Crippen molar-refractivity contribution in [2.24, 2.45) is 5.92 Å². The molecule has 1 aliphatic heterocycles. The van der Waals surface area contributed by atoms with Crippen LogP contribution in [0.3, 0.4) is 0 Å². The number of amides is 2. The molecule has 4 aromatic rings. The number of carbonyl (C=O) groups is 2. The maximum Gasteiger partial charge on any atom is 0.254 e. The predicted octanol–water partition coefficient (Wildman–Crippen LogP) is 5.46. The summed E-state index contributed by atoms with van der Waals surface area (Å²) in [6, 6.07) is 25.2. The van der Waals surface area contributed by atoms with Crippen LogP contribution in [0, 0.1) is 11.7 Å². The summed E-state index contributed by atoms with van der Waals surface area (Å²) in [4.78, 5) is 34.8. The Morgan fingerprint density at radius 2 is 1.60 bits per heavy atom. The van der Waals surface area contributed by atoms with Crippen molar-refractivity contribution in [3.63, 3.8) is 0 Å². The number of rotatable bonds is 5. The minimum atomic E-state index is -0.348. The normalized spacial score (nSPS) is 14.1. The molecule has 3 aromatic carbocycles. The van der Waals surface area contributed by atoms with Crippen molar-refractivity contribution in [3.05, 3.63) is 108 Å². The molecule has 0 aliphatic carbocycles. The Labute approximate surface area is 203 Å². The number of likely N-dealkylation sites (tertiary alicyclic amines) is 1. The first kappa shape index (κ1) is 22.7. The number of anilines is 1. The van der Waals surface area contributed by atoms with Crippen molar-refractivity contribution >= 4 is 28.3 Å². The number of hydrogen-bond donors (Lipinski definition) is 0. The van der Waals surface area contributed by atoms with Gasteiger partial charge >= 0.3 is 0 Å². The van der Waals surface area contributed by atoms with E-state index in [4.69, 9.17) is 0 Å². The number of benzene rings is 3. The van der Waals surface area contributed by atoms with Crippen molar-refractivity contribution in [2.75, 3.05) is 18.0 Å². The summed E-state index contributed by atoms with van der Waals surface area (Å²) in [5.74, 6) is -0.601. The van der Waals surface area contributed by atoms with E-state index in [-0.39, 0.29) is 23.5 Å². The second kappa shape index (κ2) is 10.1. The van der Waals surface area contributed by atoms with Crippen LogP contribution in [0.25, 0.3) is 10.8 Å². The van der Waals surface area contributed by atoms with Crippen LogP contribution < -0.4 is 4.90 Å². The van der Waals surface area contributed by atoms with Crippen LogP contribution >= 0.6 is 0 Å². The van der Waals surface area contributed by atoms with Crippen LogP contribution in [0.2, 0.25) is 0 Å². The molecule has 35 heavy (non-hydrogen) atoms. The fraction of sp³-hybridized carbons (Fsp3) is 0.207. The van der Waals surface area contributed by atoms with E-state index in [1.165, 1.54) is 12.1 Å². The van der Waals surface area contributed by atoms with Crippen LogP contribution in [0.4, 0.5) is 10.1 Å². The molecule has 2 heterocycles. The van der Waals surface area contributed by atoms with Crippen molar-refractivity contribution in [3.8, 4) is 0 Å². The van der Waals surface area contributed by atoms with Crippen LogP contribution in [-0.4, -0.2) is 34.8 Å². The molecule has 0 unspecified atom stereocenters. The smallest absolute Gasteiger partial charge is 0.254 e. The zero-order valence-corrected chi connectivity index (χ0v) is 19.3. The lowest BCUT2D eigenvalue weighted by Crippen LogP contribution is -2.44. The number of carbonyl (C=O) groups excluding carboxylic acids is 2. The van der Waals surface area contributed by atoms with E-state index < -0.39 is 0 Å². The molecular weight excluding hydrogens is 441 g/mol. The average Bonchev–Trinajstić information content (AvgIpc) is 2.92. The van der Waals surface area contributed by atoms with Crippen molar-refractivity contribution < 1.29 is 14.0 Å². The first-order valence-electron chi connectivity index (χ1n) is 11.8. The van der Waals surface area contributed by atoms with Gasteiger partial charge in [-0.25, -0.2) is 4.39 Å². The molecule has 1 aromatic heterocycles. The Balaban J connectivity index is 1.31. The summed E-state index contributed by atoms with van der Waals surface area (Å²) in [5, 5.41) is 1.98. The lowest BCUT2D eigenvalue weighted by atomic mass is 9.94. The van der Waals surface area contributed by atoms with Gasteiger partial charge in [0, 0.05) is 36.5 Å². The van der Waals surface area contributed by atoms with E-state index in [1.807, 2.05) is 65.6 Å². The molecule has 2 amide bonds. The maximum absolute atomic E-state index is 13.6. The van der Waals surface area contributed by atoms with Crippen LogP contribution in [0.1, 0.15) is 28.9 Å². The van der Waals surface area contributed by atoms with Gasteiger partial charge in [0.05, 0.1) is 12.2 Å². The Kier molecular flexibility index (Phi) is 6.53. The summed E-state index contributed by atoms with van der Waals surface area (Å²) in [7, 11) is 0. The van der Waals surface area contributed by atoms with Gasteiger partial charge in [-0.15, -0.1) is 0 Å². The van der Waals surface area contributed by atoms with Gasteiger partial charge in [-0.2, -0.15) is 0 Å². The molecule has 1 saturated heterocycles. The van der Waals surface area contributed by atoms with Crippen molar-refractivity contribution in [2.45, 2.75) is 19.4 Å². The quantitative estimate of drug-likeness (QED) is 0.392. The summed E-state index contributed by atoms with van der Waals surface area (Å²) >= 11 is 0. The second-order valence-electron chi connectivity index (χ2n) is 8.82. The molecule has 6 heteroatoms. The van der Waals surface area contributed by atoms with Gasteiger partial charge in [0.15, 0.2) is 0 Å². The Hall–Kier alpha value is -4.06. The minimum Gasteiger partial charge on any atom is -0.339 e. The van der Waals surface area contributed by atoms with Crippen molar-refractivity contribution in [1.29, 1.82) is 0 Å². The van der Waals surface area contributed by atoms with Gasteiger partial charge in [0.2, 0.25) is 5.91 Å². The van der Waals surface area contributed by atoms with Gasteiger partial charge in [0.25, 0.3) is 5.91 Å². The molecular formula is C29H26FN3O2. The highest BCUT2D eigenvalue weighted by molar-refractivity contribution is 6.07. The monoisotopic (exact) mass is 467 g/mol. The summed E-state index contributed by atoms with van der Waals surface area (Å²) in [6.45, 7) is 1.33. The van der Waals surface area contributed by atoms with Gasteiger partial charge in [-0.3, -0.25) is 14.6 Å². The number of pyridine rings is 1. The number of halogens is 1. The van der Waals surface area contributed by atoms with Gasteiger partial charge < -0.3 is 9.80 Å². The molecule has 0 bridgehead atoms. The average molecular weight is 468 g/mol. The lowest BCUT2D eigenvalue weighted by Gasteiger charge is -2.34. The number of fused-ring (bicyclic) bond motifs is 1. The zero-order valence-electron chi connectivity index (χ0n) is 19.3. The van der Waals surface area contributed by atoms with Gasteiger partial charge in [-0.1, -0.05) is 42.5 Å². The predicted molar refractivity (Wildman–Crippen MR) is 134 cm³/mol. The third kappa shape index (κ3) is 4.92. The topological polar surface area (TPSA) is 53.5 Å². The molecule has 5 rings (SSSR count). The summed E-state index contributed by atoms with van der Waals surface area (Å²) in [6.07, 6.45) is 2.85. The maximum atomic E-state index is 13.6. The number of hydrogen-bond acceptors (Lipinski definition) is 3. The lowest BCUT2D eigenvalue weighted by molar-refractivity contribution is -0.123. The fourth-order valence-electron chi connectivity index (χ4n) is 4.70. The van der Waals surface area contributed by atoms with Crippen LogP contribution in [0.5, 0.6) is 0 Å². The van der Waals surface area contributed by atoms with E-state index >= 15 is 0 Å². The fourth-order valence-corrected chi connectivity index (χ4v) is 4.70. The minimum absolute atomic E-state index is 0.00317. The number of piperidine rings is 1. The molecule has 176 valence electrons. The van der Waals surface area contributed by atoms with Crippen LogP contribution in [0.15, 0.2) is 91.1 Å². The molecule has 0 N–H and O–H groups in total. The first-order chi connectivity index (χ1) is 17.1. The SMILES string of the molecule is O=C(c1cccc2ccccc12)N1CCC(C(=O)N(Cc2ccccn2)c2ccc(F)cc2)CC1. The molecule has 1 aliphatic rings. The van der Waals surface area contributed by atoms with E-state index in [2.05, 4.69) is 4.98 Å². The molecule has 1 fully saturated rings. The molecule has 5 nitrogen and oxygen atoms in total. The number of aromatic nitrogens is 1. The zero-order chi connectivity index (χ0) is 24.2. The van der Waals surface area contributed by atoms with E-state index in [1.54, 1.807) is 23.2 Å². The standard InChI is InChI=1S/C29H26FN3O2/c30-23-11-13-25(14-12-23)33(20-24-8-3-4-17-31-24)28(34)22-15-18-32(19-16-22)29(35)27-10-5-7-21-6-1-2-9-26(21)27/h1-14,17,22H,15-16,18-20H2. The second-order valence-corrected chi connectivity index (χ2v) is 8.82. The van der Waals surface area contributed by atoms with Crippen molar-refractivity contribution in [1.82, 2.24) is 9.88 Å². The highest BCUT2D eigenvalue weighted by Crippen LogP contribution is 2.27. The van der Waals surface area contributed by atoms with E-state index in [0.29, 0.717) is 43.7 Å². The third-order valence-electron chi connectivity index (χ3n) is 6.60. The third-order valence-corrected chi connectivity index (χ3v) is 6.60. The summed E-state index contributed by atoms with van der Waals surface area (Å²) in [5.41, 5.74) is 2.08. The first-order valence-corrected chi connectivity index (χ1v) is 11.8. The molecule has 0 spiro atoms. The van der Waals surface area contributed by atoms with Gasteiger partial charge in [0.1, 0.15) is 5.82 Å². The Bertz CT molecular complexity index is 1330. The van der Waals surface area contributed by atoms with Gasteiger partial charge in [-0.05, 0) is 66.1 Å². The Morgan fingerprint density at radius 3 is 2.34 bits per heavy atom.